The van der Waals surface area contributed by atoms with Crippen molar-refractivity contribution in [2.75, 3.05) is 17.7 Å². The van der Waals surface area contributed by atoms with Gasteiger partial charge in [-0.05, 0) is 56.2 Å². The Kier molecular flexibility index (Phi) is 5.47. The fourth-order valence-electron chi connectivity index (χ4n) is 2.46. The number of benzene rings is 2. The average Bonchev–Trinajstić information content (AvgIpc) is 2.57. The molecule has 2 aromatic rings. The van der Waals surface area contributed by atoms with E-state index in [1.54, 1.807) is 19.2 Å². The molecule has 0 unspecified atom stereocenters. The number of methoxy groups -OCH3 is 1. The summed E-state index contributed by atoms with van der Waals surface area (Å²) >= 11 is 0. The zero-order valence-electron chi connectivity index (χ0n) is 15.3. The first-order valence-electron chi connectivity index (χ1n) is 8.08. The van der Waals surface area contributed by atoms with Gasteiger partial charge in [-0.1, -0.05) is 18.2 Å². The molecule has 2 amide bonds. The molecular formula is C20H24N2O3. The molecule has 2 N–H and O–H groups in total. The van der Waals surface area contributed by atoms with E-state index in [1.807, 2.05) is 51.1 Å². The van der Waals surface area contributed by atoms with Gasteiger partial charge in [-0.3, -0.25) is 9.59 Å². The molecule has 0 aromatic heterocycles. The van der Waals surface area contributed by atoms with E-state index < -0.39 is 5.41 Å². The molecular weight excluding hydrogens is 316 g/mol. The van der Waals surface area contributed by atoms with Gasteiger partial charge in [0.1, 0.15) is 5.75 Å². The molecule has 25 heavy (non-hydrogen) atoms. The smallest absolute Gasteiger partial charge is 0.234 e. The molecule has 2 rings (SSSR count). The molecule has 0 atom stereocenters. The second-order valence-electron chi connectivity index (χ2n) is 6.52. The lowest BCUT2D eigenvalue weighted by Gasteiger charge is -2.25. The molecule has 0 saturated heterocycles. The quantitative estimate of drug-likeness (QED) is 0.868. The molecule has 0 heterocycles. The molecule has 5 nitrogen and oxygen atoms in total. The predicted octanol–water partition coefficient (Wildman–Crippen LogP) is 3.88. The number of hydrogen-bond donors (Lipinski definition) is 2. The van der Waals surface area contributed by atoms with E-state index in [9.17, 15) is 9.59 Å². The van der Waals surface area contributed by atoms with Gasteiger partial charge in [0.2, 0.25) is 11.8 Å². The normalized spacial score (nSPS) is 10.9. The number of rotatable bonds is 5. The molecule has 0 aliphatic heterocycles. The maximum absolute atomic E-state index is 12.8. The number of nitrogens with one attached hydrogen (secondary N) is 2. The van der Waals surface area contributed by atoms with Crippen molar-refractivity contribution in [2.45, 2.75) is 33.1 Å². The van der Waals surface area contributed by atoms with E-state index in [-0.39, 0.29) is 11.8 Å². The second-order valence-corrected chi connectivity index (χ2v) is 6.52. The van der Waals surface area contributed by atoms with Crippen molar-refractivity contribution in [2.24, 2.45) is 0 Å². The largest absolute Gasteiger partial charge is 0.497 e. The van der Waals surface area contributed by atoms with Gasteiger partial charge in [0, 0.05) is 18.3 Å². The van der Waals surface area contributed by atoms with Gasteiger partial charge in [0.25, 0.3) is 0 Å². The van der Waals surface area contributed by atoms with Crippen molar-refractivity contribution in [3.05, 3.63) is 53.6 Å². The first kappa shape index (κ1) is 18.5. The molecule has 0 radical (unpaired) electrons. The first-order valence-corrected chi connectivity index (χ1v) is 8.08. The maximum Gasteiger partial charge on any atom is 0.234 e. The Morgan fingerprint density at radius 2 is 1.64 bits per heavy atom. The van der Waals surface area contributed by atoms with E-state index in [1.165, 1.54) is 6.92 Å². The summed E-state index contributed by atoms with van der Waals surface area (Å²) in [5, 5.41) is 5.69. The average molecular weight is 340 g/mol. The predicted molar refractivity (Wildman–Crippen MR) is 100 cm³/mol. The Hall–Kier alpha value is -2.82. The Morgan fingerprint density at radius 1 is 1.00 bits per heavy atom. The van der Waals surface area contributed by atoms with Crippen LogP contribution in [0.5, 0.6) is 5.75 Å². The highest BCUT2D eigenvalue weighted by molar-refractivity contribution is 6.00. The van der Waals surface area contributed by atoms with E-state index >= 15 is 0 Å². The molecule has 0 aliphatic rings. The van der Waals surface area contributed by atoms with Crippen molar-refractivity contribution in [3.63, 3.8) is 0 Å². The van der Waals surface area contributed by atoms with Crippen LogP contribution >= 0.6 is 0 Å². The summed E-state index contributed by atoms with van der Waals surface area (Å²) in [6.07, 6.45) is 0. The topological polar surface area (TPSA) is 67.4 Å². The van der Waals surface area contributed by atoms with E-state index in [0.717, 1.165) is 16.9 Å². The first-order chi connectivity index (χ1) is 11.7. The molecule has 132 valence electrons. The minimum absolute atomic E-state index is 0.124. The lowest BCUT2D eigenvalue weighted by molar-refractivity contribution is -0.120. The zero-order valence-corrected chi connectivity index (χ0v) is 15.3. The van der Waals surface area contributed by atoms with Crippen molar-refractivity contribution < 1.29 is 14.3 Å². The van der Waals surface area contributed by atoms with Crippen LogP contribution in [0, 0.1) is 6.92 Å². The van der Waals surface area contributed by atoms with E-state index in [4.69, 9.17) is 4.74 Å². The van der Waals surface area contributed by atoms with Gasteiger partial charge in [-0.25, -0.2) is 0 Å². The number of hydrogen-bond acceptors (Lipinski definition) is 3. The second kappa shape index (κ2) is 7.38. The van der Waals surface area contributed by atoms with Crippen LogP contribution in [0.1, 0.15) is 31.9 Å². The highest BCUT2D eigenvalue weighted by atomic mass is 16.5. The molecule has 0 bridgehead atoms. The number of carbonyl (C=O) groups excluding carboxylic acids is 2. The van der Waals surface area contributed by atoms with Crippen LogP contribution in [0.3, 0.4) is 0 Å². The number of ether oxygens (including phenoxy) is 1. The molecule has 0 spiro atoms. The summed E-state index contributed by atoms with van der Waals surface area (Å²) in [4.78, 5) is 24.1. The number of carbonyl (C=O) groups is 2. The highest BCUT2D eigenvalue weighted by Crippen LogP contribution is 2.28. The van der Waals surface area contributed by atoms with Crippen LogP contribution in [0.15, 0.2) is 42.5 Å². The molecule has 5 heteroatoms. The van der Waals surface area contributed by atoms with Crippen molar-refractivity contribution in [1.29, 1.82) is 0 Å². The molecule has 0 aliphatic carbocycles. The molecule has 0 fully saturated rings. The number of aryl methyl sites for hydroxylation is 1. The Balaban J connectivity index is 2.23. The van der Waals surface area contributed by atoms with Crippen LogP contribution in [-0.2, 0) is 15.0 Å². The standard InChI is InChI=1S/C20H24N2O3/c1-13-6-9-16(21-14(2)23)12-18(13)22-19(24)20(3,4)15-7-10-17(25-5)11-8-15/h6-12H,1-5H3,(H,21,23)(H,22,24). The fourth-order valence-corrected chi connectivity index (χ4v) is 2.46. The molecule has 0 saturated carbocycles. The van der Waals surface area contributed by atoms with Gasteiger partial charge in [0.05, 0.1) is 12.5 Å². The summed E-state index contributed by atoms with van der Waals surface area (Å²) in [6, 6.07) is 12.9. The van der Waals surface area contributed by atoms with Gasteiger partial charge >= 0.3 is 0 Å². The van der Waals surface area contributed by atoms with E-state index in [0.29, 0.717) is 11.4 Å². The third-order valence-corrected chi connectivity index (χ3v) is 4.19. The van der Waals surface area contributed by atoms with Gasteiger partial charge in [0.15, 0.2) is 0 Å². The van der Waals surface area contributed by atoms with Gasteiger partial charge < -0.3 is 15.4 Å². The number of anilines is 2. The number of amides is 2. The Morgan fingerprint density at radius 3 is 2.20 bits per heavy atom. The third kappa shape index (κ3) is 4.38. The van der Waals surface area contributed by atoms with Crippen molar-refractivity contribution in [3.8, 4) is 5.75 Å². The summed E-state index contributed by atoms with van der Waals surface area (Å²) in [7, 11) is 1.61. The van der Waals surface area contributed by atoms with E-state index in [2.05, 4.69) is 10.6 Å². The summed E-state index contributed by atoms with van der Waals surface area (Å²) in [5.74, 6) is 0.472. The molecule has 2 aromatic carbocycles. The monoisotopic (exact) mass is 340 g/mol. The minimum Gasteiger partial charge on any atom is -0.497 e. The van der Waals surface area contributed by atoms with Crippen LogP contribution in [0.25, 0.3) is 0 Å². The van der Waals surface area contributed by atoms with Crippen LogP contribution in [0.2, 0.25) is 0 Å². The fraction of sp³-hybridized carbons (Fsp3) is 0.300. The lowest BCUT2D eigenvalue weighted by atomic mass is 9.83. The van der Waals surface area contributed by atoms with Gasteiger partial charge in [-0.15, -0.1) is 0 Å². The summed E-state index contributed by atoms with van der Waals surface area (Å²) < 4.78 is 5.16. The summed E-state index contributed by atoms with van der Waals surface area (Å²) in [5.41, 5.74) is 2.42. The zero-order chi connectivity index (χ0) is 18.6. The Labute approximate surface area is 148 Å². The van der Waals surface area contributed by atoms with Crippen molar-refractivity contribution in [1.82, 2.24) is 0 Å². The van der Waals surface area contributed by atoms with Crippen LogP contribution in [-0.4, -0.2) is 18.9 Å². The van der Waals surface area contributed by atoms with Gasteiger partial charge in [-0.2, -0.15) is 0 Å². The lowest BCUT2D eigenvalue weighted by Crippen LogP contribution is -2.34. The highest BCUT2D eigenvalue weighted by Gasteiger charge is 2.30. The minimum atomic E-state index is -0.720. The Bertz CT molecular complexity index is 780. The summed E-state index contributed by atoms with van der Waals surface area (Å²) in [6.45, 7) is 7.10. The maximum atomic E-state index is 12.8. The van der Waals surface area contributed by atoms with Crippen LogP contribution < -0.4 is 15.4 Å². The third-order valence-electron chi connectivity index (χ3n) is 4.19. The van der Waals surface area contributed by atoms with Crippen LogP contribution in [0.4, 0.5) is 11.4 Å². The van der Waals surface area contributed by atoms with Crippen molar-refractivity contribution >= 4 is 23.2 Å². The SMILES string of the molecule is COc1ccc(C(C)(C)C(=O)Nc2cc(NC(C)=O)ccc2C)cc1.